The van der Waals surface area contributed by atoms with Crippen LogP contribution in [-0.4, -0.2) is 18.7 Å². The number of benzene rings is 2. The Morgan fingerprint density at radius 3 is 2.45 bits per heavy atom. The van der Waals surface area contributed by atoms with Crippen molar-refractivity contribution in [2.75, 3.05) is 6.61 Å². The summed E-state index contributed by atoms with van der Waals surface area (Å²) < 4.78 is 5.60. The Morgan fingerprint density at radius 2 is 1.70 bits per heavy atom. The molecule has 0 amide bonds. The van der Waals surface area contributed by atoms with Gasteiger partial charge >= 0.3 is 0 Å². The third-order valence-corrected chi connectivity index (χ3v) is 2.89. The lowest BCUT2D eigenvalue weighted by Crippen LogP contribution is -2.06. The molecule has 0 atom stereocenters. The first-order valence-corrected chi connectivity index (χ1v) is 6.58. The van der Waals surface area contributed by atoms with Crippen molar-refractivity contribution in [3.8, 4) is 5.75 Å². The van der Waals surface area contributed by atoms with Gasteiger partial charge in [-0.05, 0) is 18.6 Å². The number of unbranched alkanes of at least 4 members (excludes halogenated alkanes) is 1. The van der Waals surface area contributed by atoms with E-state index in [2.05, 4.69) is 0 Å². The molecule has 0 saturated carbocycles. The SMILES string of the molecule is O=CCCCOc1ccccc1C(=O)c1ccccc1. The second-order valence-electron chi connectivity index (χ2n) is 4.35. The zero-order valence-electron chi connectivity index (χ0n) is 11.1. The molecule has 0 bridgehead atoms. The zero-order valence-corrected chi connectivity index (χ0v) is 11.1. The smallest absolute Gasteiger partial charge is 0.196 e. The van der Waals surface area contributed by atoms with E-state index in [4.69, 9.17) is 4.74 Å². The van der Waals surface area contributed by atoms with E-state index in [1.165, 1.54) is 0 Å². The normalized spacial score (nSPS) is 10.0. The van der Waals surface area contributed by atoms with Gasteiger partial charge in [-0.1, -0.05) is 42.5 Å². The highest BCUT2D eigenvalue weighted by molar-refractivity contribution is 6.10. The fourth-order valence-corrected chi connectivity index (χ4v) is 1.87. The van der Waals surface area contributed by atoms with E-state index in [0.717, 1.165) is 6.29 Å². The highest BCUT2D eigenvalue weighted by Crippen LogP contribution is 2.21. The van der Waals surface area contributed by atoms with Crippen LogP contribution in [0.4, 0.5) is 0 Å². The first-order chi connectivity index (χ1) is 9.83. The van der Waals surface area contributed by atoms with Crippen molar-refractivity contribution in [1.29, 1.82) is 0 Å². The van der Waals surface area contributed by atoms with Crippen molar-refractivity contribution in [2.45, 2.75) is 12.8 Å². The monoisotopic (exact) mass is 268 g/mol. The van der Waals surface area contributed by atoms with Crippen LogP contribution in [0.3, 0.4) is 0 Å². The number of carbonyl (C=O) groups is 2. The number of aldehydes is 1. The Bertz CT molecular complexity index is 576. The first-order valence-electron chi connectivity index (χ1n) is 6.58. The van der Waals surface area contributed by atoms with Crippen LogP contribution in [0.1, 0.15) is 28.8 Å². The quantitative estimate of drug-likeness (QED) is 0.440. The predicted molar refractivity (Wildman–Crippen MR) is 77.1 cm³/mol. The minimum absolute atomic E-state index is 0.0587. The molecule has 0 fully saturated rings. The Labute approximate surface area is 118 Å². The third kappa shape index (κ3) is 3.54. The van der Waals surface area contributed by atoms with Gasteiger partial charge in [0, 0.05) is 12.0 Å². The Hall–Kier alpha value is -2.42. The maximum absolute atomic E-state index is 12.4. The van der Waals surface area contributed by atoms with Gasteiger partial charge in [0.25, 0.3) is 0 Å². The molecule has 3 nitrogen and oxygen atoms in total. The van der Waals surface area contributed by atoms with Crippen molar-refractivity contribution < 1.29 is 14.3 Å². The Balaban J connectivity index is 2.15. The lowest BCUT2D eigenvalue weighted by molar-refractivity contribution is -0.108. The van der Waals surface area contributed by atoms with E-state index in [1.807, 2.05) is 30.3 Å². The number of rotatable bonds is 7. The van der Waals surface area contributed by atoms with E-state index >= 15 is 0 Å². The van der Waals surface area contributed by atoms with Crippen LogP contribution in [-0.2, 0) is 4.79 Å². The highest BCUT2D eigenvalue weighted by Gasteiger charge is 2.13. The number of ketones is 1. The number of para-hydroxylation sites is 1. The molecule has 2 aromatic rings. The van der Waals surface area contributed by atoms with Gasteiger partial charge in [0.1, 0.15) is 12.0 Å². The minimum atomic E-state index is -0.0587. The summed E-state index contributed by atoms with van der Waals surface area (Å²) in [5.74, 6) is 0.504. The van der Waals surface area contributed by atoms with Gasteiger partial charge in [-0.25, -0.2) is 0 Å². The van der Waals surface area contributed by atoms with E-state index in [0.29, 0.717) is 36.3 Å². The van der Waals surface area contributed by atoms with Gasteiger partial charge in [0.15, 0.2) is 5.78 Å². The molecule has 3 heteroatoms. The largest absolute Gasteiger partial charge is 0.493 e. The van der Waals surface area contributed by atoms with Crippen LogP contribution in [0.15, 0.2) is 54.6 Å². The molecule has 0 saturated heterocycles. The average molecular weight is 268 g/mol. The molecular formula is C17H16O3. The van der Waals surface area contributed by atoms with Crippen molar-refractivity contribution in [3.05, 3.63) is 65.7 Å². The summed E-state index contributed by atoms with van der Waals surface area (Å²) in [7, 11) is 0. The number of hydrogen-bond acceptors (Lipinski definition) is 3. The van der Waals surface area contributed by atoms with E-state index in [-0.39, 0.29) is 5.78 Å². The summed E-state index contributed by atoms with van der Waals surface area (Å²) in [5, 5.41) is 0. The molecular weight excluding hydrogens is 252 g/mol. The highest BCUT2D eigenvalue weighted by atomic mass is 16.5. The summed E-state index contributed by atoms with van der Waals surface area (Å²) in [5.41, 5.74) is 1.18. The zero-order chi connectivity index (χ0) is 14.2. The molecule has 2 aromatic carbocycles. The molecule has 0 heterocycles. The second-order valence-corrected chi connectivity index (χ2v) is 4.35. The topological polar surface area (TPSA) is 43.4 Å². The number of ether oxygens (including phenoxy) is 1. The Kier molecular flexibility index (Phi) is 5.07. The summed E-state index contributed by atoms with van der Waals surface area (Å²) in [6, 6.07) is 16.3. The fourth-order valence-electron chi connectivity index (χ4n) is 1.87. The molecule has 2 rings (SSSR count). The second kappa shape index (κ2) is 7.24. The molecule has 0 aliphatic carbocycles. The van der Waals surface area contributed by atoms with Gasteiger partial charge in [-0.3, -0.25) is 4.79 Å². The van der Waals surface area contributed by atoms with Crippen LogP contribution in [0.5, 0.6) is 5.75 Å². The van der Waals surface area contributed by atoms with E-state index in [9.17, 15) is 9.59 Å². The standard InChI is InChI=1S/C17H16O3/c18-12-6-7-13-20-16-11-5-4-10-15(16)17(19)14-8-2-1-3-9-14/h1-5,8-12H,6-7,13H2. The molecule has 0 aromatic heterocycles. The third-order valence-electron chi connectivity index (χ3n) is 2.89. The molecule has 0 N–H and O–H groups in total. The maximum atomic E-state index is 12.4. The average Bonchev–Trinajstić information content (AvgIpc) is 2.52. The molecule has 20 heavy (non-hydrogen) atoms. The maximum Gasteiger partial charge on any atom is 0.196 e. The van der Waals surface area contributed by atoms with Crippen LogP contribution < -0.4 is 4.74 Å². The van der Waals surface area contributed by atoms with Gasteiger partial charge in [-0.2, -0.15) is 0 Å². The number of carbonyl (C=O) groups excluding carboxylic acids is 2. The van der Waals surface area contributed by atoms with Crippen molar-refractivity contribution in [1.82, 2.24) is 0 Å². The number of hydrogen-bond donors (Lipinski definition) is 0. The molecule has 102 valence electrons. The van der Waals surface area contributed by atoms with E-state index < -0.39 is 0 Å². The van der Waals surface area contributed by atoms with Crippen LogP contribution in [0.2, 0.25) is 0 Å². The first kappa shape index (κ1) is 14.0. The van der Waals surface area contributed by atoms with Gasteiger partial charge < -0.3 is 9.53 Å². The van der Waals surface area contributed by atoms with Crippen LogP contribution in [0.25, 0.3) is 0 Å². The molecule has 0 radical (unpaired) electrons. The summed E-state index contributed by atoms with van der Waals surface area (Å²) >= 11 is 0. The van der Waals surface area contributed by atoms with Crippen LogP contribution >= 0.6 is 0 Å². The molecule has 0 aliphatic heterocycles. The summed E-state index contributed by atoms with van der Waals surface area (Å²) in [6.07, 6.45) is 1.98. The van der Waals surface area contributed by atoms with E-state index in [1.54, 1.807) is 24.3 Å². The van der Waals surface area contributed by atoms with Crippen molar-refractivity contribution >= 4 is 12.1 Å². The van der Waals surface area contributed by atoms with Gasteiger partial charge in [0.05, 0.1) is 12.2 Å². The molecule has 0 unspecified atom stereocenters. The fraction of sp³-hybridized carbons (Fsp3) is 0.176. The predicted octanol–water partition coefficient (Wildman–Crippen LogP) is 3.28. The van der Waals surface area contributed by atoms with Crippen LogP contribution in [0, 0.1) is 0 Å². The molecule has 0 aliphatic rings. The van der Waals surface area contributed by atoms with Gasteiger partial charge in [-0.15, -0.1) is 0 Å². The van der Waals surface area contributed by atoms with Gasteiger partial charge in [0.2, 0.25) is 0 Å². The van der Waals surface area contributed by atoms with Crippen molar-refractivity contribution in [2.24, 2.45) is 0 Å². The summed E-state index contributed by atoms with van der Waals surface area (Å²) in [6.45, 7) is 0.428. The lowest BCUT2D eigenvalue weighted by atomic mass is 10.0. The summed E-state index contributed by atoms with van der Waals surface area (Å²) in [4.78, 5) is 22.7. The minimum Gasteiger partial charge on any atom is -0.493 e. The Morgan fingerprint density at radius 1 is 1.00 bits per heavy atom. The van der Waals surface area contributed by atoms with Crippen molar-refractivity contribution in [3.63, 3.8) is 0 Å². The molecule has 0 spiro atoms. The lowest BCUT2D eigenvalue weighted by Gasteiger charge is -2.10.